The normalized spacial score (nSPS) is 11.2. The fourth-order valence-electron chi connectivity index (χ4n) is 4.23. The number of ether oxygens (including phenoxy) is 1. The molecule has 4 aromatic rings. The van der Waals surface area contributed by atoms with Crippen LogP contribution in [0.5, 0.6) is 5.75 Å². The minimum atomic E-state index is -0.0464. The first-order chi connectivity index (χ1) is 17.5. The Morgan fingerprint density at radius 2 is 1.72 bits per heavy atom. The molecule has 0 aliphatic heterocycles. The zero-order valence-electron chi connectivity index (χ0n) is 21.0. The first-order valence-electron chi connectivity index (χ1n) is 12.7. The van der Waals surface area contributed by atoms with Gasteiger partial charge in [0.05, 0.1) is 17.6 Å². The van der Waals surface area contributed by atoms with Crippen molar-refractivity contribution in [1.29, 1.82) is 0 Å². The van der Waals surface area contributed by atoms with Gasteiger partial charge in [0.15, 0.2) is 0 Å². The van der Waals surface area contributed by atoms with E-state index < -0.39 is 0 Å². The Morgan fingerprint density at radius 3 is 2.47 bits per heavy atom. The van der Waals surface area contributed by atoms with Crippen LogP contribution in [0.3, 0.4) is 0 Å². The lowest BCUT2D eigenvalue weighted by atomic mass is 10.0. The van der Waals surface area contributed by atoms with Crippen molar-refractivity contribution < 1.29 is 9.53 Å². The topological polar surface area (TPSA) is 56.1 Å². The number of carbonyl (C=O) groups excluding carboxylic acids is 1. The second-order valence-electron chi connectivity index (χ2n) is 9.31. The molecule has 0 bridgehead atoms. The molecule has 1 N–H and O–H groups in total. The average Bonchev–Trinajstić information content (AvgIpc) is 3.24. The van der Waals surface area contributed by atoms with Crippen LogP contribution in [0.1, 0.15) is 60.8 Å². The quantitative estimate of drug-likeness (QED) is 0.192. The van der Waals surface area contributed by atoms with Gasteiger partial charge >= 0.3 is 0 Å². The van der Waals surface area contributed by atoms with E-state index in [2.05, 4.69) is 82.1 Å². The summed E-state index contributed by atoms with van der Waals surface area (Å²) < 4.78 is 9.24. The molecule has 1 heterocycles. The maximum Gasteiger partial charge on any atom is 0.251 e. The Kier molecular flexibility index (Phi) is 9.17. The van der Waals surface area contributed by atoms with E-state index in [1.807, 2.05) is 30.3 Å². The number of imidazole rings is 1. The van der Waals surface area contributed by atoms with Crippen molar-refractivity contribution in [3.8, 4) is 5.75 Å². The molecule has 0 unspecified atom stereocenters. The predicted molar refractivity (Wildman–Crippen MR) is 150 cm³/mol. The van der Waals surface area contributed by atoms with Gasteiger partial charge in [0.25, 0.3) is 5.91 Å². The predicted octanol–water partition coefficient (Wildman–Crippen LogP) is 7.14. The van der Waals surface area contributed by atoms with E-state index in [9.17, 15) is 4.79 Å². The second kappa shape index (κ2) is 12.7. The highest BCUT2D eigenvalue weighted by molar-refractivity contribution is 9.10. The number of fused-ring (bicyclic) bond motifs is 1. The highest BCUT2D eigenvalue weighted by Crippen LogP contribution is 2.20. The highest BCUT2D eigenvalue weighted by Gasteiger charge is 2.11. The number of hydrogen-bond acceptors (Lipinski definition) is 3. The number of halogens is 1. The van der Waals surface area contributed by atoms with Gasteiger partial charge in [0, 0.05) is 29.5 Å². The van der Waals surface area contributed by atoms with Crippen LogP contribution in [-0.4, -0.2) is 28.6 Å². The Bertz CT molecular complexity index is 1260. The zero-order chi connectivity index (χ0) is 25.3. The molecule has 36 heavy (non-hydrogen) atoms. The van der Waals surface area contributed by atoms with Gasteiger partial charge in [-0.2, -0.15) is 0 Å². The van der Waals surface area contributed by atoms with Crippen LogP contribution < -0.4 is 10.1 Å². The smallest absolute Gasteiger partial charge is 0.251 e. The van der Waals surface area contributed by atoms with E-state index in [0.717, 1.165) is 59.3 Å². The highest BCUT2D eigenvalue weighted by atomic mass is 79.9. The number of rotatable bonds is 12. The Balaban J connectivity index is 1.27. The molecular weight excluding hydrogens is 514 g/mol. The molecule has 6 heteroatoms. The largest absolute Gasteiger partial charge is 0.494 e. The first kappa shape index (κ1) is 26.0. The van der Waals surface area contributed by atoms with Crippen LogP contribution in [0.15, 0.2) is 77.3 Å². The lowest BCUT2D eigenvalue weighted by Crippen LogP contribution is -2.25. The van der Waals surface area contributed by atoms with Crippen molar-refractivity contribution in [2.24, 2.45) is 0 Å². The number of amides is 1. The summed E-state index contributed by atoms with van der Waals surface area (Å²) in [6, 6.07) is 24.1. The monoisotopic (exact) mass is 547 g/mol. The number of nitrogens with zero attached hydrogens (tertiary/aromatic N) is 2. The van der Waals surface area contributed by atoms with Crippen molar-refractivity contribution in [3.63, 3.8) is 0 Å². The lowest BCUT2D eigenvalue weighted by molar-refractivity contribution is 0.0953. The molecule has 5 nitrogen and oxygen atoms in total. The minimum absolute atomic E-state index is 0.0464. The molecule has 0 radical (unpaired) electrons. The minimum Gasteiger partial charge on any atom is -0.494 e. The summed E-state index contributed by atoms with van der Waals surface area (Å²) in [4.78, 5) is 17.2. The van der Waals surface area contributed by atoms with E-state index >= 15 is 0 Å². The summed E-state index contributed by atoms with van der Waals surface area (Å²) in [6.07, 6.45) is 3.63. The van der Waals surface area contributed by atoms with Crippen molar-refractivity contribution in [2.45, 2.75) is 52.0 Å². The molecule has 0 spiro atoms. The van der Waals surface area contributed by atoms with E-state index in [1.165, 1.54) is 5.56 Å². The third-order valence-corrected chi connectivity index (χ3v) is 6.82. The molecule has 0 aliphatic carbocycles. The van der Waals surface area contributed by atoms with Crippen LogP contribution in [0.4, 0.5) is 0 Å². The third kappa shape index (κ3) is 6.97. The summed E-state index contributed by atoms with van der Waals surface area (Å²) in [5.41, 5.74) is 4.18. The molecule has 0 atom stereocenters. The van der Waals surface area contributed by atoms with Crippen molar-refractivity contribution in [2.75, 3.05) is 13.2 Å². The van der Waals surface area contributed by atoms with E-state index in [4.69, 9.17) is 9.72 Å². The number of nitrogens with one attached hydrogen (secondary N) is 1. The molecule has 0 fully saturated rings. The maximum absolute atomic E-state index is 12.4. The zero-order valence-corrected chi connectivity index (χ0v) is 22.6. The molecule has 1 amide bonds. The number of unbranched alkanes of at least 4 members (excludes halogenated alkanes) is 1. The SMILES string of the molecule is CC(C)c1ccc(OCCCCn2c(CCCNC(=O)c3ccc(Br)cc3)nc3ccccc32)cc1. The summed E-state index contributed by atoms with van der Waals surface area (Å²) in [5, 5.41) is 3.02. The van der Waals surface area contributed by atoms with Gasteiger partial charge in [-0.15, -0.1) is 0 Å². The van der Waals surface area contributed by atoms with Gasteiger partial charge in [0.2, 0.25) is 0 Å². The fraction of sp³-hybridized carbons (Fsp3) is 0.333. The molecule has 0 saturated carbocycles. The number of aryl methyl sites for hydroxylation is 2. The second-order valence-corrected chi connectivity index (χ2v) is 10.2. The summed E-state index contributed by atoms with van der Waals surface area (Å²) in [5.74, 6) is 2.48. The maximum atomic E-state index is 12.4. The van der Waals surface area contributed by atoms with Gasteiger partial charge < -0.3 is 14.6 Å². The van der Waals surface area contributed by atoms with Gasteiger partial charge in [-0.25, -0.2) is 4.98 Å². The molecule has 0 saturated heterocycles. The Hall–Kier alpha value is -3.12. The summed E-state index contributed by atoms with van der Waals surface area (Å²) in [7, 11) is 0. The van der Waals surface area contributed by atoms with E-state index in [1.54, 1.807) is 0 Å². The van der Waals surface area contributed by atoms with E-state index in [0.29, 0.717) is 24.6 Å². The van der Waals surface area contributed by atoms with Crippen molar-refractivity contribution >= 4 is 32.9 Å². The summed E-state index contributed by atoms with van der Waals surface area (Å²) >= 11 is 3.40. The first-order valence-corrected chi connectivity index (χ1v) is 13.5. The third-order valence-electron chi connectivity index (χ3n) is 6.29. The molecule has 188 valence electrons. The van der Waals surface area contributed by atoms with Crippen LogP contribution in [0.25, 0.3) is 11.0 Å². The van der Waals surface area contributed by atoms with Gasteiger partial charge in [-0.05, 0) is 79.3 Å². The van der Waals surface area contributed by atoms with Crippen LogP contribution in [-0.2, 0) is 13.0 Å². The number of hydrogen-bond donors (Lipinski definition) is 1. The van der Waals surface area contributed by atoms with Crippen LogP contribution in [0, 0.1) is 0 Å². The van der Waals surface area contributed by atoms with Crippen molar-refractivity contribution in [3.05, 3.63) is 94.2 Å². The number of carbonyl (C=O) groups is 1. The molecule has 1 aromatic heterocycles. The van der Waals surface area contributed by atoms with E-state index in [-0.39, 0.29) is 5.91 Å². The molecule has 0 aliphatic rings. The molecular formula is C30H34BrN3O2. The van der Waals surface area contributed by atoms with Crippen LogP contribution >= 0.6 is 15.9 Å². The van der Waals surface area contributed by atoms with Crippen molar-refractivity contribution in [1.82, 2.24) is 14.9 Å². The Morgan fingerprint density at radius 1 is 0.972 bits per heavy atom. The summed E-state index contributed by atoms with van der Waals surface area (Å²) in [6.45, 7) is 6.61. The molecule has 3 aromatic carbocycles. The lowest BCUT2D eigenvalue weighted by Gasteiger charge is -2.11. The Labute approximate surface area is 222 Å². The number of para-hydroxylation sites is 2. The average molecular weight is 549 g/mol. The number of benzene rings is 3. The number of aromatic nitrogens is 2. The van der Waals surface area contributed by atoms with Crippen LogP contribution in [0.2, 0.25) is 0 Å². The van der Waals surface area contributed by atoms with Gasteiger partial charge in [-0.1, -0.05) is 54.0 Å². The van der Waals surface area contributed by atoms with Gasteiger partial charge in [-0.3, -0.25) is 4.79 Å². The standard InChI is InChI=1S/C30H34BrN3O2/c1-22(2)23-13-17-26(18-14-23)36-21-6-5-20-34-28-9-4-3-8-27(28)33-29(34)10-7-19-32-30(35)24-11-15-25(31)16-12-24/h3-4,8-9,11-18,22H,5-7,10,19-21H2,1-2H3,(H,32,35). The fourth-order valence-corrected chi connectivity index (χ4v) is 4.49. The van der Waals surface area contributed by atoms with Gasteiger partial charge in [0.1, 0.15) is 11.6 Å². The molecule has 4 rings (SSSR count).